The Morgan fingerprint density at radius 3 is 2.40 bits per heavy atom. The van der Waals surface area contributed by atoms with Crippen molar-refractivity contribution in [2.24, 2.45) is 5.14 Å². The number of primary sulfonamides is 1. The molecule has 9 heteroatoms. The molecule has 1 aromatic heterocycles. The highest BCUT2D eigenvalue weighted by atomic mass is 127. The zero-order valence-electron chi connectivity index (χ0n) is 6.92. The second-order valence-electron chi connectivity index (χ2n) is 2.49. The van der Waals surface area contributed by atoms with Gasteiger partial charge in [0.1, 0.15) is 15.2 Å². The molecular formula is C6H4BrF2IN2O2S. The average Bonchev–Trinajstić information content (AvgIpc) is 1.99. The molecule has 1 aromatic rings. The van der Waals surface area contributed by atoms with Crippen LogP contribution in [0.5, 0.6) is 0 Å². The van der Waals surface area contributed by atoms with Crippen molar-refractivity contribution < 1.29 is 17.2 Å². The molecule has 0 amide bonds. The lowest BCUT2D eigenvalue weighted by atomic mass is 10.4. The molecule has 0 spiro atoms. The van der Waals surface area contributed by atoms with Gasteiger partial charge in [-0.1, -0.05) is 0 Å². The molecule has 0 aliphatic heterocycles. The molecule has 0 atom stereocenters. The monoisotopic (exact) mass is 412 g/mol. The highest BCUT2D eigenvalue weighted by molar-refractivity contribution is 14.1. The van der Waals surface area contributed by atoms with Crippen molar-refractivity contribution in [1.82, 2.24) is 4.98 Å². The SMILES string of the molecule is NS(=O)(=O)c1c(I)cc(C(F)F)nc1Br. The summed E-state index contributed by atoms with van der Waals surface area (Å²) in [6, 6.07) is 0.982. The first kappa shape index (κ1) is 13.2. The summed E-state index contributed by atoms with van der Waals surface area (Å²) in [7, 11) is -3.97. The van der Waals surface area contributed by atoms with Gasteiger partial charge in [0, 0.05) is 3.57 Å². The van der Waals surface area contributed by atoms with Crippen molar-refractivity contribution in [3.05, 3.63) is 19.9 Å². The maximum Gasteiger partial charge on any atom is 0.280 e. The van der Waals surface area contributed by atoms with E-state index in [2.05, 4.69) is 20.9 Å². The fourth-order valence-corrected chi connectivity index (χ4v) is 4.43. The van der Waals surface area contributed by atoms with Crippen molar-refractivity contribution in [3.8, 4) is 0 Å². The first-order chi connectivity index (χ1) is 6.73. The van der Waals surface area contributed by atoms with E-state index in [1.165, 1.54) is 0 Å². The molecule has 0 aliphatic carbocycles. The van der Waals surface area contributed by atoms with Crippen molar-refractivity contribution in [3.63, 3.8) is 0 Å². The Morgan fingerprint density at radius 2 is 2.07 bits per heavy atom. The van der Waals surface area contributed by atoms with Crippen LogP contribution >= 0.6 is 38.5 Å². The number of sulfonamides is 1. The topological polar surface area (TPSA) is 73.1 Å². The van der Waals surface area contributed by atoms with Crippen LogP contribution in [0.25, 0.3) is 0 Å². The quantitative estimate of drug-likeness (QED) is 0.596. The number of aromatic nitrogens is 1. The maximum atomic E-state index is 12.3. The predicted molar refractivity (Wildman–Crippen MR) is 61.0 cm³/mol. The molecule has 0 aromatic carbocycles. The van der Waals surface area contributed by atoms with Gasteiger partial charge < -0.3 is 0 Å². The van der Waals surface area contributed by atoms with Crippen LogP contribution in [-0.4, -0.2) is 13.4 Å². The second kappa shape index (κ2) is 4.55. The van der Waals surface area contributed by atoms with Gasteiger partial charge in [-0.3, -0.25) is 0 Å². The Labute approximate surface area is 107 Å². The molecule has 1 heterocycles. The number of rotatable bonds is 2. The van der Waals surface area contributed by atoms with Crippen LogP contribution in [0.4, 0.5) is 8.78 Å². The molecule has 4 nitrogen and oxygen atoms in total. The minimum Gasteiger partial charge on any atom is -0.238 e. The summed E-state index contributed by atoms with van der Waals surface area (Å²) in [5.41, 5.74) is -0.501. The smallest absolute Gasteiger partial charge is 0.238 e. The van der Waals surface area contributed by atoms with Gasteiger partial charge in [0.15, 0.2) is 0 Å². The largest absolute Gasteiger partial charge is 0.280 e. The van der Waals surface area contributed by atoms with Crippen LogP contribution in [0.2, 0.25) is 0 Å². The first-order valence-electron chi connectivity index (χ1n) is 3.40. The van der Waals surface area contributed by atoms with E-state index in [0.717, 1.165) is 6.07 Å². The molecule has 0 aliphatic rings. The number of hydrogen-bond donors (Lipinski definition) is 1. The normalized spacial score (nSPS) is 12.1. The zero-order valence-corrected chi connectivity index (χ0v) is 11.5. The maximum absolute atomic E-state index is 12.3. The Bertz CT molecular complexity index is 471. The molecule has 0 unspecified atom stereocenters. The fraction of sp³-hybridized carbons (Fsp3) is 0.167. The minimum absolute atomic E-state index is 0.104. The lowest BCUT2D eigenvalue weighted by Gasteiger charge is -2.06. The van der Waals surface area contributed by atoms with E-state index in [4.69, 9.17) is 5.14 Å². The molecule has 0 bridgehead atoms. The number of halogens is 4. The Morgan fingerprint density at radius 1 is 1.53 bits per heavy atom. The summed E-state index contributed by atoms with van der Waals surface area (Å²) in [6.45, 7) is 0. The molecular weight excluding hydrogens is 409 g/mol. The molecule has 1 rings (SSSR count). The Kier molecular flexibility index (Phi) is 4.01. The molecule has 0 radical (unpaired) electrons. The number of nitrogens with zero attached hydrogens (tertiary/aromatic N) is 1. The predicted octanol–water partition coefficient (Wildman–Crippen LogP) is 2.03. The van der Waals surface area contributed by atoms with Gasteiger partial charge in [-0.25, -0.2) is 27.3 Å². The minimum atomic E-state index is -3.97. The van der Waals surface area contributed by atoms with Crippen molar-refractivity contribution in [1.29, 1.82) is 0 Å². The summed E-state index contributed by atoms with van der Waals surface area (Å²) in [6.07, 6.45) is -2.76. The molecule has 2 N–H and O–H groups in total. The van der Waals surface area contributed by atoms with Crippen molar-refractivity contribution in [2.75, 3.05) is 0 Å². The molecule has 0 saturated heterocycles. The molecule has 15 heavy (non-hydrogen) atoms. The third-order valence-corrected chi connectivity index (χ3v) is 4.45. The standard InChI is InChI=1S/C6H4BrF2IN2O2S/c7-5-4(15(11,13)14)2(10)1-3(12-5)6(8)9/h1,6H,(H2,11,13,14). The third kappa shape index (κ3) is 3.04. The van der Waals surface area contributed by atoms with Gasteiger partial charge >= 0.3 is 0 Å². The van der Waals surface area contributed by atoms with Crippen molar-refractivity contribution >= 4 is 48.5 Å². The van der Waals surface area contributed by atoms with Crippen LogP contribution in [0.3, 0.4) is 0 Å². The van der Waals surface area contributed by atoms with Crippen molar-refractivity contribution in [2.45, 2.75) is 11.3 Å². The molecule has 0 saturated carbocycles. The van der Waals surface area contributed by atoms with E-state index in [9.17, 15) is 17.2 Å². The lowest BCUT2D eigenvalue weighted by molar-refractivity contribution is 0.145. The van der Waals surface area contributed by atoms with E-state index in [0.29, 0.717) is 0 Å². The highest BCUT2D eigenvalue weighted by Gasteiger charge is 2.21. The van der Waals surface area contributed by atoms with Crippen LogP contribution in [0.15, 0.2) is 15.6 Å². The van der Waals surface area contributed by atoms with E-state index in [-0.39, 0.29) is 13.1 Å². The summed E-state index contributed by atoms with van der Waals surface area (Å²) in [5, 5.41) is 4.89. The van der Waals surface area contributed by atoms with E-state index >= 15 is 0 Å². The zero-order chi connectivity index (χ0) is 11.8. The summed E-state index contributed by atoms with van der Waals surface area (Å²) in [5.74, 6) is 0. The van der Waals surface area contributed by atoms with Gasteiger partial charge in [0.25, 0.3) is 6.43 Å². The van der Waals surface area contributed by atoms with Crippen LogP contribution < -0.4 is 5.14 Å². The third-order valence-electron chi connectivity index (χ3n) is 1.41. The average molecular weight is 413 g/mol. The molecule has 0 fully saturated rings. The van der Waals surface area contributed by atoms with Gasteiger partial charge in [-0.2, -0.15) is 0 Å². The Balaban J connectivity index is 3.48. The van der Waals surface area contributed by atoms with Crippen LogP contribution in [0, 0.1) is 3.57 Å². The van der Waals surface area contributed by atoms with Gasteiger partial charge in [0.05, 0.1) is 0 Å². The summed E-state index contributed by atoms with van der Waals surface area (Å²) in [4.78, 5) is 3.12. The fourth-order valence-electron chi connectivity index (χ4n) is 0.855. The summed E-state index contributed by atoms with van der Waals surface area (Å²) < 4.78 is 46.6. The van der Waals surface area contributed by atoms with E-state index < -0.39 is 22.1 Å². The number of nitrogens with two attached hydrogens (primary N) is 1. The highest BCUT2D eigenvalue weighted by Crippen LogP contribution is 2.28. The van der Waals surface area contributed by atoms with E-state index in [1.807, 2.05) is 0 Å². The second-order valence-corrected chi connectivity index (χ2v) is 5.91. The number of pyridine rings is 1. The van der Waals surface area contributed by atoms with Crippen LogP contribution in [0.1, 0.15) is 12.1 Å². The van der Waals surface area contributed by atoms with Gasteiger partial charge in [0.2, 0.25) is 10.0 Å². The van der Waals surface area contributed by atoms with Gasteiger partial charge in [-0.05, 0) is 44.6 Å². The van der Waals surface area contributed by atoms with Gasteiger partial charge in [-0.15, -0.1) is 0 Å². The number of hydrogen-bond acceptors (Lipinski definition) is 3. The Hall–Kier alpha value is 0.130. The lowest BCUT2D eigenvalue weighted by Crippen LogP contribution is -2.15. The summed E-state index contributed by atoms with van der Waals surface area (Å²) >= 11 is 4.40. The molecule has 84 valence electrons. The number of alkyl halides is 2. The first-order valence-corrected chi connectivity index (χ1v) is 6.82. The van der Waals surface area contributed by atoms with E-state index in [1.54, 1.807) is 22.6 Å². The van der Waals surface area contributed by atoms with Crippen LogP contribution in [-0.2, 0) is 10.0 Å².